The van der Waals surface area contributed by atoms with Crippen molar-refractivity contribution in [1.29, 1.82) is 0 Å². The standard InChI is InChI=1S/C16H18N2O2/c1-2-15(18-19)14-8-3-4-9-16(14)20-12-10-13-7-5-6-11-17-13/h3-9,11,19H,2,10,12H2,1H3/b18-15+. The number of oxime groups is 1. The van der Waals surface area contributed by atoms with Crippen molar-refractivity contribution in [1.82, 2.24) is 4.98 Å². The summed E-state index contributed by atoms with van der Waals surface area (Å²) in [4.78, 5) is 4.26. The van der Waals surface area contributed by atoms with Gasteiger partial charge in [0.15, 0.2) is 0 Å². The van der Waals surface area contributed by atoms with E-state index in [4.69, 9.17) is 9.94 Å². The molecule has 1 aromatic heterocycles. The minimum absolute atomic E-state index is 0.538. The molecule has 2 rings (SSSR count). The molecule has 1 N–H and O–H groups in total. The van der Waals surface area contributed by atoms with E-state index >= 15 is 0 Å². The summed E-state index contributed by atoms with van der Waals surface area (Å²) in [5.41, 5.74) is 2.45. The van der Waals surface area contributed by atoms with Crippen LogP contribution in [0.4, 0.5) is 0 Å². The first-order valence-electron chi connectivity index (χ1n) is 6.68. The van der Waals surface area contributed by atoms with Crippen LogP contribution in [0.15, 0.2) is 53.8 Å². The first kappa shape index (κ1) is 14.1. The van der Waals surface area contributed by atoms with E-state index in [1.165, 1.54) is 0 Å². The van der Waals surface area contributed by atoms with E-state index in [0.29, 0.717) is 18.7 Å². The number of ether oxygens (including phenoxy) is 1. The van der Waals surface area contributed by atoms with E-state index in [0.717, 1.165) is 23.4 Å². The number of nitrogens with zero attached hydrogens (tertiary/aromatic N) is 2. The van der Waals surface area contributed by atoms with Gasteiger partial charge in [0, 0.05) is 23.9 Å². The molecule has 0 unspecified atom stereocenters. The molecular weight excluding hydrogens is 252 g/mol. The molecule has 0 saturated carbocycles. The average Bonchev–Trinajstić information content (AvgIpc) is 2.51. The maximum absolute atomic E-state index is 9.03. The maximum Gasteiger partial charge on any atom is 0.128 e. The molecule has 0 atom stereocenters. The van der Waals surface area contributed by atoms with Crippen LogP contribution < -0.4 is 4.74 Å². The molecule has 0 aliphatic rings. The van der Waals surface area contributed by atoms with Crippen molar-refractivity contribution in [2.45, 2.75) is 19.8 Å². The second-order valence-electron chi connectivity index (χ2n) is 4.32. The molecule has 0 spiro atoms. The molecule has 1 heterocycles. The zero-order valence-electron chi connectivity index (χ0n) is 11.5. The van der Waals surface area contributed by atoms with Gasteiger partial charge in [-0.2, -0.15) is 0 Å². The first-order valence-corrected chi connectivity index (χ1v) is 6.68. The number of hydrogen-bond donors (Lipinski definition) is 1. The van der Waals surface area contributed by atoms with Gasteiger partial charge in [0.25, 0.3) is 0 Å². The summed E-state index contributed by atoms with van der Waals surface area (Å²) in [6.45, 7) is 2.48. The van der Waals surface area contributed by atoms with Crippen molar-refractivity contribution >= 4 is 5.71 Å². The summed E-state index contributed by atoms with van der Waals surface area (Å²) in [5.74, 6) is 0.734. The van der Waals surface area contributed by atoms with Crippen molar-refractivity contribution in [2.75, 3.05) is 6.61 Å². The van der Waals surface area contributed by atoms with E-state index in [-0.39, 0.29) is 0 Å². The molecule has 0 bridgehead atoms. The molecule has 0 fully saturated rings. The predicted octanol–water partition coefficient (Wildman–Crippen LogP) is 3.29. The molecule has 20 heavy (non-hydrogen) atoms. The molecular formula is C16H18N2O2. The highest BCUT2D eigenvalue weighted by Gasteiger charge is 2.09. The third-order valence-electron chi connectivity index (χ3n) is 3.00. The van der Waals surface area contributed by atoms with Crippen LogP contribution in [0.3, 0.4) is 0 Å². The molecule has 4 nitrogen and oxygen atoms in total. The van der Waals surface area contributed by atoms with Crippen LogP contribution >= 0.6 is 0 Å². The van der Waals surface area contributed by atoms with Gasteiger partial charge in [-0.15, -0.1) is 0 Å². The number of rotatable bonds is 6. The van der Waals surface area contributed by atoms with Crippen LogP contribution in [0.2, 0.25) is 0 Å². The lowest BCUT2D eigenvalue weighted by Gasteiger charge is -2.11. The van der Waals surface area contributed by atoms with E-state index in [1.54, 1.807) is 6.20 Å². The predicted molar refractivity (Wildman–Crippen MR) is 78.5 cm³/mol. The fraction of sp³-hybridized carbons (Fsp3) is 0.250. The molecule has 0 aliphatic carbocycles. The summed E-state index contributed by atoms with van der Waals surface area (Å²) in [5, 5.41) is 12.4. The second-order valence-corrected chi connectivity index (χ2v) is 4.32. The van der Waals surface area contributed by atoms with Crippen LogP contribution in [-0.2, 0) is 6.42 Å². The fourth-order valence-corrected chi connectivity index (χ4v) is 1.96. The van der Waals surface area contributed by atoms with Gasteiger partial charge in [-0.3, -0.25) is 4.98 Å². The lowest BCUT2D eigenvalue weighted by Crippen LogP contribution is -2.07. The fourth-order valence-electron chi connectivity index (χ4n) is 1.96. The Labute approximate surface area is 118 Å². The number of aromatic nitrogens is 1. The van der Waals surface area contributed by atoms with Crippen LogP contribution in [0.25, 0.3) is 0 Å². The number of benzene rings is 1. The van der Waals surface area contributed by atoms with Gasteiger partial charge in [0.2, 0.25) is 0 Å². The average molecular weight is 270 g/mol. The summed E-state index contributed by atoms with van der Waals surface area (Å²) in [6.07, 6.45) is 3.17. The van der Waals surface area contributed by atoms with Crippen molar-refractivity contribution in [2.24, 2.45) is 5.16 Å². The monoisotopic (exact) mass is 270 g/mol. The molecule has 0 radical (unpaired) electrons. The minimum Gasteiger partial charge on any atom is -0.492 e. The van der Waals surface area contributed by atoms with Crippen molar-refractivity contribution in [3.63, 3.8) is 0 Å². The van der Waals surface area contributed by atoms with Gasteiger partial charge in [-0.05, 0) is 30.7 Å². The SMILES string of the molecule is CC/C(=N\O)c1ccccc1OCCc1ccccn1. The maximum atomic E-state index is 9.03. The van der Waals surface area contributed by atoms with E-state index < -0.39 is 0 Å². The number of para-hydroxylation sites is 1. The van der Waals surface area contributed by atoms with Crippen molar-refractivity contribution < 1.29 is 9.94 Å². The summed E-state index contributed by atoms with van der Waals surface area (Å²) >= 11 is 0. The zero-order chi connectivity index (χ0) is 14.2. The third-order valence-corrected chi connectivity index (χ3v) is 3.00. The highest BCUT2D eigenvalue weighted by atomic mass is 16.5. The van der Waals surface area contributed by atoms with Gasteiger partial charge in [0.1, 0.15) is 5.75 Å². The highest BCUT2D eigenvalue weighted by molar-refractivity contribution is 6.02. The molecule has 0 amide bonds. The Bertz CT molecular complexity index is 568. The summed E-state index contributed by atoms with van der Waals surface area (Å²) in [7, 11) is 0. The quantitative estimate of drug-likeness (QED) is 0.498. The topological polar surface area (TPSA) is 54.7 Å². The van der Waals surface area contributed by atoms with Crippen molar-refractivity contribution in [3.05, 3.63) is 59.9 Å². The number of hydrogen-bond acceptors (Lipinski definition) is 4. The Kier molecular flexibility index (Phi) is 5.12. The Hall–Kier alpha value is -2.36. The van der Waals surface area contributed by atoms with Crippen molar-refractivity contribution in [3.8, 4) is 5.75 Å². The van der Waals surface area contributed by atoms with Crippen LogP contribution in [0.1, 0.15) is 24.6 Å². The van der Waals surface area contributed by atoms with Gasteiger partial charge in [-0.25, -0.2) is 0 Å². The summed E-state index contributed by atoms with van der Waals surface area (Å²) in [6, 6.07) is 13.4. The number of pyridine rings is 1. The molecule has 4 heteroatoms. The Balaban J connectivity index is 2.03. The highest BCUT2D eigenvalue weighted by Crippen LogP contribution is 2.20. The van der Waals surface area contributed by atoms with Crippen LogP contribution in [0, 0.1) is 0 Å². The first-order chi connectivity index (χ1) is 9.85. The molecule has 0 aliphatic heterocycles. The molecule has 104 valence electrons. The van der Waals surface area contributed by atoms with Crippen LogP contribution in [-0.4, -0.2) is 22.5 Å². The minimum atomic E-state index is 0.538. The van der Waals surface area contributed by atoms with E-state index in [1.807, 2.05) is 49.4 Å². The molecule has 1 aromatic carbocycles. The zero-order valence-corrected chi connectivity index (χ0v) is 11.5. The Morgan fingerprint density at radius 2 is 2.00 bits per heavy atom. The van der Waals surface area contributed by atoms with E-state index in [2.05, 4.69) is 10.1 Å². The Morgan fingerprint density at radius 1 is 1.20 bits per heavy atom. The Morgan fingerprint density at radius 3 is 2.70 bits per heavy atom. The normalized spacial score (nSPS) is 11.3. The second kappa shape index (κ2) is 7.28. The van der Waals surface area contributed by atoms with E-state index in [9.17, 15) is 0 Å². The lowest BCUT2D eigenvalue weighted by atomic mass is 10.1. The third kappa shape index (κ3) is 3.57. The van der Waals surface area contributed by atoms with Gasteiger partial charge < -0.3 is 9.94 Å². The molecule has 2 aromatic rings. The summed E-state index contributed by atoms with van der Waals surface area (Å²) < 4.78 is 5.79. The smallest absolute Gasteiger partial charge is 0.128 e. The van der Waals surface area contributed by atoms with Gasteiger partial charge in [-0.1, -0.05) is 30.3 Å². The molecule has 0 saturated heterocycles. The van der Waals surface area contributed by atoms with Crippen LogP contribution in [0.5, 0.6) is 5.75 Å². The largest absolute Gasteiger partial charge is 0.492 e. The van der Waals surface area contributed by atoms with Gasteiger partial charge in [0.05, 0.1) is 12.3 Å². The lowest BCUT2D eigenvalue weighted by molar-refractivity contribution is 0.312. The van der Waals surface area contributed by atoms with Gasteiger partial charge >= 0.3 is 0 Å².